The van der Waals surface area contributed by atoms with Crippen molar-refractivity contribution in [2.75, 3.05) is 5.32 Å². The number of nitrogens with zero attached hydrogens (tertiary/aromatic N) is 2. The average Bonchev–Trinajstić information content (AvgIpc) is 2.96. The van der Waals surface area contributed by atoms with Gasteiger partial charge >= 0.3 is 5.97 Å². The Balaban J connectivity index is 1.99. The van der Waals surface area contributed by atoms with Crippen molar-refractivity contribution in [1.82, 2.24) is 9.78 Å². The lowest BCUT2D eigenvalue weighted by molar-refractivity contribution is -0.111. The molecular weight excluding hydrogens is 266 g/mol. The van der Waals surface area contributed by atoms with Crippen molar-refractivity contribution in [3.05, 3.63) is 41.0 Å². The molecule has 0 aliphatic carbocycles. The van der Waals surface area contributed by atoms with E-state index < -0.39 is 5.97 Å². The third-order valence-electron chi connectivity index (χ3n) is 2.33. The molecule has 1 amide bonds. The topological polar surface area (TPSA) is 84.2 Å². The van der Waals surface area contributed by atoms with Crippen molar-refractivity contribution >= 4 is 34.3 Å². The minimum Gasteiger partial charge on any atom is -0.477 e. The minimum absolute atomic E-state index is 0.186. The summed E-state index contributed by atoms with van der Waals surface area (Å²) in [6, 6.07) is 4.79. The van der Waals surface area contributed by atoms with E-state index in [0.717, 1.165) is 17.0 Å². The lowest BCUT2D eigenvalue weighted by Crippen LogP contribution is -2.06. The first kappa shape index (κ1) is 13.0. The number of aryl methyl sites for hydroxylation is 1. The zero-order valence-corrected chi connectivity index (χ0v) is 10.8. The summed E-state index contributed by atoms with van der Waals surface area (Å²) in [5.74, 6) is -1.32. The zero-order valence-electron chi connectivity index (χ0n) is 10.0. The van der Waals surface area contributed by atoms with E-state index in [4.69, 9.17) is 5.11 Å². The number of carboxylic acids is 1. The Bertz CT molecular complexity index is 642. The summed E-state index contributed by atoms with van der Waals surface area (Å²) in [6.45, 7) is 0. The molecule has 0 aromatic carbocycles. The van der Waals surface area contributed by atoms with Crippen LogP contribution in [0.2, 0.25) is 0 Å². The van der Waals surface area contributed by atoms with Crippen LogP contribution in [0.1, 0.15) is 15.4 Å². The highest BCUT2D eigenvalue weighted by Crippen LogP contribution is 2.21. The quantitative estimate of drug-likeness (QED) is 0.835. The van der Waals surface area contributed by atoms with Crippen LogP contribution in [0.5, 0.6) is 0 Å². The molecule has 2 rings (SSSR count). The number of carboxylic acid groups (broad SMARTS) is 1. The molecular formula is C12H11N3O3S. The number of amides is 1. The summed E-state index contributed by atoms with van der Waals surface area (Å²) in [5, 5.41) is 15.8. The summed E-state index contributed by atoms with van der Waals surface area (Å²) < 4.78 is 1.64. The van der Waals surface area contributed by atoms with E-state index >= 15 is 0 Å². The van der Waals surface area contributed by atoms with Gasteiger partial charge in [0, 0.05) is 19.3 Å². The molecule has 2 N–H and O–H groups in total. The molecule has 0 saturated heterocycles. The van der Waals surface area contributed by atoms with Crippen molar-refractivity contribution in [3.63, 3.8) is 0 Å². The maximum absolute atomic E-state index is 11.6. The Morgan fingerprint density at radius 1 is 1.42 bits per heavy atom. The third kappa shape index (κ3) is 3.29. The van der Waals surface area contributed by atoms with E-state index in [9.17, 15) is 9.59 Å². The van der Waals surface area contributed by atoms with Gasteiger partial charge < -0.3 is 10.4 Å². The van der Waals surface area contributed by atoms with Crippen LogP contribution in [-0.2, 0) is 11.8 Å². The second-order valence-corrected chi connectivity index (χ2v) is 4.76. The predicted octanol–water partition coefficient (Wildman–Crippen LogP) is 1.83. The van der Waals surface area contributed by atoms with Crippen molar-refractivity contribution in [2.45, 2.75) is 0 Å². The largest absolute Gasteiger partial charge is 0.477 e. The maximum Gasteiger partial charge on any atom is 0.345 e. The molecule has 7 heteroatoms. The fraction of sp³-hybridized carbons (Fsp3) is 0.0833. The Hall–Kier alpha value is -2.41. The van der Waals surface area contributed by atoms with Crippen molar-refractivity contribution < 1.29 is 14.7 Å². The summed E-state index contributed by atoms with van der Waals surface area (Å²) in [6.07, 6.45) is 4.64. The van der Waals surface area contributed by atoms with E-state index in [1.807, 2.05) is 0 Å². The highest BCUT2D eigenvalue weighted by atomic mass is 32.1. The molecule has 0 spiro atoms. The van der Waals surface area contributed by atoms with E-state index in [0.29, 0.717) is 5.00 Å². The zero-order chi connectivity index (χ0) is 13.8. The van der Waals surface area contributed by atoms with Crippen LogP contribution in [0.3, 0.4) is 0 Å². The molecule has 0 fully saturated rings. The number of anilines is 1. The van der Waals surface area contributed by atoms with Gasteiger partial charge in [-0.3, -0.25) is 9.48 Å². The Morgan fingerprint density at radius 2 is 2.21 bits per heavy atom. The Kier molecular flexibility index (Phi) is 3.76. The van der Waals surface area contributed by atoms with Crippen LogP contribution in [0, 0.1) is 0 Å². The van der Waals surface area contributed by atoms with Gasteiger partial charge in [-0.2, -0.15) is 5.10 Å². The van der Waals surface area contributed by atoms with Crippen LogP contribution in [0.25, 0.3) is 6.08 Å². The third-order valence-corrected chi connectivity index (χ3v) is 3.32. The second kappa shape index (κ2) is 5.49. The minimum atomic E-state index is -1.00. The van der Waals surface area contributed by atoms with Gasteiger partial charge in [-0.25, -0.2) is 4.79 Å². The monoisotopic (exact) mass is 277 g/mol. The van der Waals surface area contributed by atoms with E-state index in [1.165, 1.54) is 12.1 Å². The smallest absolute Gasteiger partial charge is 0.345 e. The van der Waals surface area contributed by atoms with Gasteiger partial charge in [0.2, 0.25) is 5.91 Å². The first-order chi connectivity index (χ1) is 9.06. The fourth-order valence-electron chi connectivity index (χ4n) is 1.39. The molecule has 0 unspecified atom stereocenters. The molecule has 0 aliphatic rings. The van der Waals surface area contributed by atoms with Crippen molar-refractivity contribution in [2.24, 2.45) is 7.05 Å². The van der Waals surface area contributed by atoms with Crippen LogP contribution in [0.15, 0.2) is 30.5 Å². The Morgan fingerprint density at radius 3 is 2.79 bits per heavy atom. The number of rotatable bonds is 4. The lowest BCUT2D eigenvalue weighted by atomic mass is 10.3. The van der Waals surface area contributed by atoms with Gasteiger partial charge in [0.05, 0.1) is 10.7 Å². The molecule has 0 bridgehead atoms. The molecule has 0 radical (unpaired) electrons. The highest BCUT2D eigenvalue weighted by molar-refractivity contribution is 7.18. The number of carbonyl (C=O) groups excluding carboxylic acids is 1. The van der Waals surface area contributed by atoms with Crippen molar-refractivity contribution in [3.8, 4) is 0 Å². The summed E-state index contributed by atoms with van der Waals surface area (Å²) in [5.41, 5.74) is 0.799. The number of hydrogen-bond acceptors (Lipinski definition) is 4. The molecule has 19 heavy (non-hydrogen) atoms. The van der Waals surface area contributed by atoms with Crippen molar-refractivity contribution in [1.29, 1.82) is 0 Å². The summed E-state index contributed by atoms with van der Waals surface area (Å²) in [4.78, 5) is 22.5. The number of aromatic nitrogens is 2. The van der Waals surface area contributed by atoms with Crippen LogP contribution in [-0.4, -0.2) is 26.8 Å². The standard InChI is InChI=1S/C12H11N3O3S/c1-15-8(6-7-13-15)2-4-10(16)14-11-5-3-9(19-11)12(17)18/h2-7H,1H3,(H,14,16)(H,17,18)/b4-2+. The SMILES string of the molecule is Cn1nccc1/C=C/C(=O)Nc1ccc(C(=O)O)s1. The summed E-state index contributed by atoms with van der Waals surface area (Å²) in [7, 11) is 1.77. The second-order valence-electron chi connectivity index (χ2n) is 3.67. The van der Waals surface area contributed by atoms with Gasteiger partial charge in [0.1, 0.15) is 4.88 Å². The highest BCUT2D eigenvalue weighted by Gasteiger charge is 2.07. The van der Waals surface area contributed by atoms with E-state index in [1.54, 1.807) is 36.1 Å². The molecule has 98 valence electrons. The van der Waals surface area contributed by atoms with Crippen LogP contribution in [0.4, 0.5) is 5.00 Å². The van der Waals surface area contributed by atoms with Crippen LogP contribution < -0.4 is 5.32 Å². The number of aromatic carboxylic acids is 1. The molecule has 0 saturated carbocycles. The van der Waals surface area contributed by atoms with E-state index in [2.05, 4.69) is 10.4 Å². The Labute approximate surface area is 113 Å². The summed E-state index contributed by atoms with van der Waals surface area (Å²) >= 11 is 1.01. The van der Waals surface area contributed by atoms with Gasteiger partial charge in [-0.05, 0) is 24.3 Å². The van der Waals surface area contributed by atoms with Gasteiger partial charge in [-0.1, -0.05) is 0 Å². The van der Waals surface area contributed by atoms with Gasteiger partial charge in [-0.15, -0.1) is 11.3 Å². The molecule has 0 atom stereocenters. The first-order valence-electron chi connectivity index (χ1n) is 5.36. The number of nitrogens with one attached hydrogen (secondary N) is 1. The molecule has 6 nitrogen and oxygen atoms in total. The molecule has 2 aromatic rings. The predicted molar refractivity (Wildman–Crippen MR) is 72.2 cm³/mol. The van der Waals surface area contributed by atoms with Crippen LogP contribution >= 0.6 is 11.3 Å². The maximum atomic E-state index is 11.6. The van der Waals surface area contributed by atoms with Gasteiger partial charge in [0.25, 0.3) is 0 Å². The normalized spacial score (nSPS) is 10.8. The lowest BCUT2D eigenvalue weighted by Gasteiger charge is -1.97. The number of thiophene rings is 1. The fourth-order valence-corrected chi connectivity index (χ4v) is 2.14. The number of hydrogen-bond donors (Lipinski definition) is 2. The number of carbonyl (C=O) groups is 2. The molecule has 2 heterocycles. The average molecular weight is 277 g/mol. The molecule has 0 aliphatic heterocycles. The van der Waals surface area contributed by atoms with Gasteiger partial charge in [0.15, 0.2) is 0 Å². The first-order valence-corrected chi connectivity index (χ1v) is 6.18. The van der Waals surface area contributed by atoms with E-state index in [-0.39, 0.29) is 10.8 Å². The molecule has 2 aromatic heterocycles.